The molecule has 2 rings (SSSR count). The number of H-pyrrole nitrogens is 1. The summed E-state index contributed by atoms with van der Waals surface area (Å²) < 4.78 is 0. The molecule has 112 valence electrons. The van der Waals surface area contributed by atoms with Crippen LogP contribution in [0.15, 0.2) is 30.6 Å². The molecule has 0 bridgehead atoms. The molecule has 0 aliphatic carbocycles. The molecule has 0 aromatic carbocycles. The van der Waals surface area contributed by atoms with E-state index < -0.39 is 0 Å². The molecule has 1 atom stereocenters. The van der Waals surface area contributed by atoms with Crippen LogP contribution in [0, 0.1) is 0 Å². The topological polar surface area (TPSA) is 90.9 Å². The number of thioether (sulfide) groups is 1. The first-order valence-electron chi connectivity index (χ1n) is 6.61. The van der Waals surface area contributed by atoms with Crippen molar-refractivity contribution in [3.63, 3.8) is 0 Å². The van der Waals surface area contributed by atoms with Crippen LogP contribution >= 0.6 is 11.8 Å². The smallest absolute Gasteiger partial charge is 0.269 e. The molecule has 3 N–H and O–H groups in total. The van der Waals surface area contributed by atoms with Gasteiger partial charge in [0, 0.05) is 18.0 Å². The lowest BCUT2D eigenvalue weighted by molar-refractivity contribution is 0.0910. The standard InChI is InChI=1S/C14H18N4O2S/c1-21-6-4-11(9-19)16-14(20)13-7-12(17-18-13)10-3-2-5-15-8-10/h2-3,5,7-8,11,19H,4,6,9H2,1H3,(H,16,20)(H,17,18). The molecule has 7 heteroatoms. The third kappa shape index (κ3) is 4.30. The Morgan fingerprint density at radius 1 is 1.57 bits per heavy atom. The number of carbonyl (C=O) groups excluding carboxylic acids is 1. The van der Waals surface area contributed by atoms with E-state index in [0.717, 1.165) is 17.7 Å². The highest BCUT2D eigenvalue weighted by molar-refractivity contribution is 7.98. The quantitative estimate of drug-likeness (QED) is 0.717. The average molecular weight is 306 g/mol. The zero-order valence-corrected chi connectivity index (χ0v) is 12.6. The zero-order valence-electron chi connectivity index (χ0n) is 11.7. The molecule has 0 aliphatic heterocycles. The third-order valence-corrected chi connectivity index (χ3v) is 3.65. The van der Waals surface area contributed by atoms with Crippen molar-refractivity contribution in [2.45, 2.75) is 12.5 Å². The molecule has 0 saturated heterocycles. The van der Waals surface area contributed by atoms with Crippen LogP contribution in [-0.4, -0.2) is 50.9 Å². The monoisotopic (exact) mass is 306 g/mol. The van der Waals surface area contributed by atoms with E-state index in [4.69, 9.17) is 0 Å². The van der Waals surface area contributed by atoms with Crippen LogP contribution in [0.3, 0.4) is 0 Å². The van der Waals surface area contributed by atoms with Gasteiger partial charge >= 0.3 is 0 Å². The van der Waals surface area contributed by atoms with Crippen molar-refractivity contribution >= 4 is 17.7 Å². The summed E-state index contributed by atoms with van der Waals surface area (Å²) in [5.41, 5.74) is 1.88. The van der Waals surface area contributed by atoms with Crippen LogP contribution in [-0.2, 0) is 0 Å². The van der Waals surface area contributed by atoms with E-state index in [1.807, 2.05) is 18.4 Å². The number of nitrogens with one attached hydrogen (secondary N) is 2. The number of rotatable bonds is 7. The fourth-order valence-corrected chi connectivity index (χ4v) is 2.35. The molecule has 6 nitrogen and oxygen atoms in total. The van der Waals surface area contributed by atoms with Crippen molar-refractivity contribution in [2.24, 2.45) is 0 Å². The Kier molecular flexibility index (Phi) is 5.77. The zero-order chi connectivity index (χ0) is 15.1. The van der Waals surface area contributed by atoms with Crippen molar-refractivity contribution in [3.8, 4) is 11.3 Å². The van der Waals surface area contributed by atoms with Gasteiger partial charge < -0.3 is 10.4 Å². The molecule has 0 fully saturated rings. The van der Waals surface area contributed by atoms with E-state index in [2.05, 4.69) is 20.5 Å². The lowest BCUT2D eigenvalue weighted by atomic mass is 10.2. The maximum absolute atomic E-state index is 12.1. The fraction of sp³-hybridized carbons (Fsp3) is 0.357. The van der Waals surface area contributed by atoms with Gasteiger partial charge in [0.1, 0.15) is 5.69 Å². The second-order valence-corrected chi connectivity index (χ2v) is 5.53. The van der Waals surface area contributed by atoms with Gasteiger partial charge in [-0.3, -0.25) is 14.9 Å². The minimum atomic E-state index is -0.266. The molecular formula is C14H18N4O2S. The van der Waals surface area contributed by atoms with E-state index in [1.54, 1.807) is 30.2 Å². The molecular weight excluding hydrogens is 288 g/mol. The Hall–Kier alpha value is -1.86. The molecule has 0 saturated carbocycles. The number of hydrogen-bond donors (Lipinski definition) is 3. The number of aromatic nitrogens is 3. The molecule has 2 aromatic rings. The predicted molar refractivity (Wildman–Crippen MR) is 83.2 cm³/mol. The number of aromatic amines is 1. The Balaban J connectivity index is 2.02. The summed E-state index contributed by atoms with van der Waals surface area (Å²) in [5.74, 6) is 0.618. The summed E-state index contributed by atoms with van der Waals surface area (Å²) in [5, 5.41) is 18.9. The molecule has 0 aliphatic rings. The Morgan fingerprint density at radius 3 is 3.10 bits per heavy atom. The van der Waals surface area contributed by atoms with E-state index >= 15 is 0 Å². The molecule has 1 unspecified atom stereocenters. The minimum Gasteiger partial charge on any atom is -0.394 e. The number of aliphatic hydroxyl groups is 1. The van der Waals surface area contributed by atoms with Crippen LogP contribution in [0.2, 0.25) is 0 Å². The number of hydrogen-bond acceptors (Lipinski definition) is 5. The van der Waals surface area contributed by atoms with Crippen molar-refractivity contribution < 1.29 is 9.90 Å². The average Bonchev–Trinajstić information content (AvgIpc) is 3.02. The maximum Gasteiger partial charge on any atom is 0.269 e. The summed E-state index contributed by atoms with van der Waals surface area (Å²) in [6.07, 6.45) is 6.09. The van der Waals surface area contributed by atoms with Gasteiger partial charge in [0.05, 0.1) is 18.3 Å². The molecule has 2 aromatic heterocycles. The molecule has 0 spiro atoms. The summed E-state index contributed by atoms with van der Waals surface area (Å²) in [4.78, 5) is 16.1. The van der Waals surface area contributed by atoms with E-state index in [-0.39, 0.29) is 18.6 Å². The van der Waals surface area contributed by atoms with Crippen molar-refractivity contribution in [2.75, 3.05) is 18.6 Å². The van der Waals surface area contributed by atoms with Gasteiger partial charge in [-0.15, -0.1) is 0 Å². The predicted octanol–water partition coefficient (Wildman–Crippen LogP) is 1.32. The summed E-state index contributed by atoms with van der Waals surface area (Å²) >= 11 is 1.68. The molecule has 2 heterocycles. The lowest BCUT2D eigenvalue weighted by Crippen LogP contribution is -2.38. The summed E-state index contributed by atoms with van der Waals surface area (Å²) in [6, 6.07) is 5.12. The van der Waals surface area contributed by atoms with Gasteiger partial charge in [-0.2, -0.15) is 16.9 Å². The van der Waals surface area contributed by atoms with Crippen molar-refractivity contribution in [1.29, 1.82) is 0 Å². The summed E-state index contributed by atoms with van der Waals surface area (Å²) in [7, 11) is 0. The molecule has 21 heavy (non-hydrogen) atoms. The van der Waals surface area contributed by atoms with E-state index in [9.17, 15) is 9.90 Å². The number of pyridine rings is 1. The number of amides is 1. The normalized spacial score (nSPS) is 12.1. The van der Waals surface area contributed by atoms with E-state index in [1.165, 1.54) is 0 Å². The summed E-state index contributed by atoms with van der Waals surface area (Å²) in [6.45, 7) is -0.0735. The first-order chi connectivity index (χ1) is 10.2. The van der Waals surface area contributed by atoms with Crippen LogP contribution in [0.5, 0.6) is 0 Å². The van der Waals surface area contributed by atoms with Crippen LogP contribution in [0.4, 0.5) is 0 Å². The highest BCUT2D eigenvalue weighted by Gasteiger charge is 2.15. The van der Waals surface area contributed by atoms with Crippen LogP contribution in [0.25, 0.3) is 11.3 Å². The second-order valence-electron chi connectivity index (χ2n) is 4.54. The Bertz CT molecular complexity index is 573. The van der Waals surface area contributed by atoms with Crippen LogP contribution in [0.1, 0.15) is 16.9 Å². The minimum absolute atomic E-state index is 0.0735. The van der Waals surface area contributed by atoms with Gasteiger partial charge in [-0.05, 0) is 36.6 Å². The SMILES string of the molecule is CSCCC(CO)NC(=O)c1cc(-c2cccnc2)n[nH]1. The molecule has 0 radical (unpaired) electrons. The van der Waals surface area contributed by atoms with Gasteiger partial charge in [0.25, 0.3) is 5.91 Å². The van der Waals surface area contributed by atoms with Gasteiger partial charge in [-0.25, -0.2) is 0 Å². The van der Waals surface area contributed by atoms with E-state index in [0.29, 0.717) is 11.4 Å². The molecule has 1 amide bonds. The highest BCUT2D eigenvalue weighted by Crippen LogP contribution is 2.15. The number of carbonyl (C=O) groups is 1. The van der Waals surface area contributed by atoms with Gasteiger partial charge in [-0.1, -0.05) is 0 Å². The Morgan fingerprint density at radius 2 is 2.43 bits per heavy atom. The first-order valence-corrected chi connectivity index (χ1v) is 8.00. The third-order valence-electron chi connectivity index (χ3n) is 3.01. The second kappa shape index (κ2) is 7.80. The van der Waals surface area contributed by atoms with Crippen LogP contribution < -0.4 is 5.32 Å². The largest absolute Gasteiger partial charge is 0.394 e. The fourth-order valence-electron chi connectivity index (χ4n) is 1.83. The van der Waals surface area contributed by atoms with Gasteiger partial charge in [0.15, 0.2) is 0 Å². The van der Waals surface area contributed by atoms with Crippen molar-refractivity contribution in [3.05, 3.63) is 36.3 Å². The number of aliphatic hydroxyl groups excluding tert-OH is 1. The maximum atomic E-state index is 12.1. The van der Waals surface area contributed by atoms with Gasteiger partial charge in [0.2, 0.25) is 0 Å². The Labute approximate surface area is 127 Å². The first kappa shape index (κ1) is 15.5. The lowest BCUT2D eigenvalue weighted by Gasteiger charge is -2.14. The number of nitrogens with zero attached hydrogens (tertiary/aromatic N) is 2. The highest BCUT2D eigenvalue weighted by atomic mass is 32.2. The van der Waals surface area contributed by atoms with Crippen molar-refractivity contribution in [1.82, 2.24) is 20.5 Å².